The fraction of sp³-hybridized carbons (Fsp3) is 0.667. The van der Waals surface area contributed by atoms with E-state index in [1.807, 2.05) is 18.5 Å². The van der Waals surface area contributed by atoms with E-state index in [0.717, 1.165) is 25.1 Å². The Labute approximate surface area is 129 Å². The van der Waals surface area contributed by atoms with Gasteiger partial charge in [-0.05, 0) is 19.8 Å². The summed E-state index contributed by atoms with van der Waals surface area (Å²) < 4.78 is 4.67. The monoisotopic (exact) mass is 307 g/mol. The summed E-state index contributed by atoms with van der Waals surface area (Å²) in [6, 6.07) is -0.336. The molecule has 2 heterocycles. The zero-order valence-corrected chi connectivity index (χ0v) is 13.8. The van der Waals surface area contributed by atoms with Crippen molar-refractivity contribution in [2.45, 2.75) is 52.6 Å². The Balaban J connectivity index is 2.92. The van der Waals surface area contributed by atoms with Crippen molar-refractivity contribution < 1.29 is 0 Å². The summed E-state index contributed by atoms with van der Waals surface area (Å²) in [6.45, 7) is 6.62. The Kier molecular flexibility index (Phi) is 4.85. The highest BCUT2D eigenvalue weighted by Crippen LogP contribution is 2.13. The molecule has 0 aliphatic rings. The summed E-state index contributed by atoms with van der Waals surface area (Å²) in [4.78, 5) is 30.0. The summed E-state index contributed by atoms with van der Waals surface area (Å²) in [5.41, 5.74) is 6.02. The Morgan fingerprint density at radius 3 is 2.45 bits per heavy atom. The van der Waals surface area contributed by atoms with Crippen LogP contribution in [0.4, 0.5) is 0 Å². The molecule has 0 fully saturated rings. The van der Waals surface area contributed by atoms with Crippen molar-refractivity contribution in [3.05, 3.63) is 26.7 Å². The van der Waals surface area contributed by atoms with Gasteiger partial charge in [-0.25, -0.2) is 9.78 Å². The summed E-state index contributed by atoms with van der Waals surface area (Å²) in [6.07, 6.45) is 2.50. The number of nitrogens with two attached hydrogens (primary N) is 1. The van der Waals surface area contributed by atoms with Gasteiger partial charge in [0.1, 0.15) is 5.82 Å². The summed E-state index contributed by atoms with van der Waals surface area (Å²) in [5, 5.41) is 0. The van der Waals surface area contributed by atoms with E-state index < -0.39 is 0 Å². The van der Waals surface area contributed by atoms with Crippen LogP contribution >= 0.6 is 0 Å². The zero-order chi connectivity index (χ0) is 16.4. The Bertz CT molecular complexity index is 784. The van der Waals surface area contributed by atoms with Gasteiger partial charge in [-0.3, -0.25) is 13.9 Å². The SMILES string of the molecule is CCCc1nc2c(c(=O)n(C(C)CN)c(=O)n2CCC)n1C. The molecule has 0 saturated carbocycles. The number of imidazole rings is 1. The minimum absolute atomic E-state index is 0.243. The number of nitrogens with zero attached hydrogens (tertiary/aromatic N) is 4. The molecule has 0 aliphatic carbocycles. The average molecular weight is 307 g/mol. The van der Waals surface area contributed by atoms with Crippen molar-refractivity contribution in [3.63, 3.8) is 0 Å². The van der Waals surface area contributed by atoms with Crippen molar-refractivity contribution in [1.82, 2.24) is 18.7 Å². The molecular weight excluding hydrogens is 282 g/mol. The third kappa shape index (κ3) is 2.49. The topological polar surface area (TPSA) is 87.8 Å². The van der Waals surface area contributed by atoms with Crippen LogP contribution < -0.4 is 17.0 Å². The number of hydrogen-bond acceptors (Lipinski definition) is 4. The van der Waals surface area contributed by atoms with Crippen LogP contribution in [-0.2, 0) is 20.0 Å². The standard InChI is InChI=1S/C15H25N5O2/c1-5-7-11-17-13-12(18(11)4)14(21)20(10(3)9-16)15(22)19(13)8-6-2/h10H,5-9,16H2,1-4H3. The van der Waals surface area contributed by atoms with Crippen molar-refractivity contribution >= 4 is 11.2 Å². The van der Waals surface area contributed by atoms with Gasteiger partial charge in [-0.15, -0.1) is 0 Å². The maximum absolute atomic E-state index is 12.8. The van der Waals surface area contributed by atoms with Crippen molar-refractivity contribution in [2.24, 2.45) is 12.8 Å². The fourth-order valence-electron chi connectivity index (χ4n) is 2.74. The smallest absolute Gasteiger partial charge is 0.328 e. The first-order chi connectivity index (χ1) is 10.5. The van der Waals surface area contributed by atoms with Crippen molar-refractivity contribution in [3.8, 4) is 0 Å². The van der Waals surface area contributed by atoms with E-state index >= 15 is 0 Å². The lowest BCUT2D eigenvalue weighted by atomic mass is 10.3. The van der Waals surface area contributed by atoms with E-state index in [4.69, 9.17) is 5.73 Å². The van der Waals surface area contributed by atoms with E-state index in [1.165, 1.54) is 4.57 Å². The Morgan fingerprint density at radius 2 is 1.91 bits per heavy atom. The third-order valence-corrected chi connectivity index (χ3v) is 3.99. The van der Waals surface area contributed by atoms with E-state index in [-0.39, 0.29) is 23.8 Å². The number of aryl methyl sites for hydroxylation is 3. The van der Waals surface area contributed by atoms with Crippen LogP contribution in [0, 0.1) is 0 Å². The lowest BCUT2D eigenvalue weighted by Crippen LogP contribution is -2.43. The van der Waals surface area contributed by atoms with Crippen molar-refractivity contribution in [1.29, 1.82) is 0 Å². The second kappa shape index (κ2) is 6.48. The predicted molar refractivity (Wildman–Crippen MR) is 87.3 cm³/mol. The van der Waals surface area contributed by atoms with Crippen LogP contribution in [0.15, 0.2) is 9.59 Å². The molecule has 0 radical (unpaired) electrons. The van der Waals surface area contributed by atoms with Gasteiger partial charge in [0.25, 0.3) is 5.56 Å². The first-order valence-corrected chi connectivity index (χ1v) is 7.88. The highest BCUT2D eigenvalue weighted by Gasteiger charge is 2.21. The molecule has 0 bridgehead atoms. The van der Waals surface area contributed by atoms with Gasteiger partial charge >= 0.3 is 5.69 Å². The number of aromatic nitrogens is 4. The molecule has 2 aromatic rings. The first-order valence-electron chi connectivity index (χ1n) is 7.88. The second-order valence-electron chi connectivity index (χ2n) is 5.70. The molecule has 122 valence electrons. The van der Waals surface area contributed by atoms with Gasteiger partial charge in [0.15, 0.2) is 11.2 Å². The largest absolute Gasteiger partial charge is 0.333 e. The quantitative estimate of drug-likeness (QED) is 0.854. The molecule has 1 unspecified atom stereocenters. The molecule has 2 N–H and O–H groups in total. The summed E-state index contributed by atoms with van der Waals surface area (Å²) in [5.74, 6) is 0.831. The fourth-order valence-corrected chi connectivity index (χ4v) is 2.74. The second-order valence-corrected chi connectivity index (χ2v) is 5.70. The van der Waals surface area contributed by atoms with Gasteiger partial charge in [0.05, 0.1) is 6.04 Å². The molecule has 0 spiro atoms. The lowest BCUT2D eigenvalue weighted by molar-refractivity contribution is 0.485. The Morgan fingerprint density at radius 1 is 1.23 bits per heavy atom. The van der Waals surface area contributed by atoms with Gasteiger partial charge in [0.2, 0.25) is 0 Å². The summed E-state index contributed by atoms with van der Waals surface area (Å²) >= 11 is 0. The molecule has 2 rings (SSSR count). The van der Waals surface area contributed by atoms with E-state index in [1.54, 1.807) is 11.5 Å². The minimum atomic E-state index is -0.336. The van der Waals surface area contributed by atoms with Crippen LogP contribution in [0.2, 0.25) is 0 Å². The average Bonchev–Trinajstić information content (AvgIpc) is 2.81. The molecule has 0 aromatic carbocycles. The Hall–Kier alpha value is -1.89. The van der Waals surface area contributed by atoms with Gasteiger partial charge in [-0.1, -0.05) is 13.8 Å². The molecule has 0 aliphatic heterocycles. The van der Waals surface area contributed by atoms with E-state index in [9.17, 15) is 9.59 Å². The maximum Gasteiger partial charge on any atom is 0.333 e. The zero-order valence-electron chi connectivity index (χ0n) is 13.8. The molecular formula is C15H25N5O2. The van der Waals surface area contributed by atoms with Crippen LogP contribution in [0.3, 0.4) is 0 Å². The third-order valence-electron chi connectivity index (χ3n) is 3.99. The normalized spacial score (nSPS) is 13.0. The van der Waals surface area contributed by atoms with Gasteiger partial charge < -0.3 is 10.3 Å². The molecule has 22 heavy (non-hydrogen) atoms. The van der Waals surface area contributed by atoms with Crippen LogP contribution in [0.25, 0.3) is 11.2 Å². The highest BCUT2D eigenvalue weighted by atomic mass is 16.2. The molecule has 2 aromatic heterocycles. The molecule has 7 nitrogen and oxygen atoms in total. The first kappa shape index (κ1) is 16.5. The molecule has 7 heteroatoms. The van der Waals surface area contributed by atoms with E-state index in [0.29, 0.717) is 17.7 Å². The predicted octanol–water partition coefficient (Wildman–Crippen LogP) is 0.779. The minimum Gasteiger partial charge on any atom is -0.328 e. The maximum atomic E-state index is 12.8. The van der Waals surface area contributed by atoms with Crippen LogP contribution in [0.5, 0.6) is 0 Å². The summed E-state index contributed by atoms with van der Waals surface area (Å²) in [7, 11) is 1.83. The molecule has 1 atom stereocenters. The van der Waals surface area contributed by atoms with Gasteiger partial charge in [-0.2, -0.15) is 0 Å². The van der Waals surface area contributed by atoms with Crippen molar-refractivity contribution in [2.75, 3.05) is 6.54 Å². The number of rotatable bonds is 6. The van der Waals surface area contributed by atoms with Gasteiger partial charge in [0, 0.05) is 26.6 Å². The lowest BCUT2D eigenvalue weighted by Gasteiger charge is -2.15. The van der Waals surface area contributed by atoms with Crippen LogP contribution in [-0.4, -0.2) is 25.2 Å². The van der Waals surface area contributed by atoms with E-state index in [2.05, 4.69) is 11.9 Å². The molecule has 0 saturated heterocycles. The van der Waals surface area contributed by atoms with Crippen LogP contribution in [0.1, 0.15) is 45.5 Å². The number of hydrogen-bond donors (Lipinski definition) is 1. The number of fused-ring (bicyclic) bond motifs is 1. The highest BCUT2D eigenvalue weighted by molar-refractivity contribution is 5.71. The molecule has 0 amide bonds.